The lowest BCUT2D eigenvalue weighted by Crippen LogP contribution is -2.32. The molecule has 0 aliphatic rings. The summed E-state index contributed by atoms with van der Waals surface area (Å²) in [5.74, 6) is 0.640. The number of carbonyl (C=O) groups excluding carboxylic acids is 2. The Balaban J connectivity index is 2.75. The van der Waals surface area contributed by atoms with E-state index in [0.29, 0.717) is 35.3 Å². The van der Waals surface area contributed by atoms with E-state index in [9.17, 15) is 9.59 Å². The Bertz CT molecular complexity index is 563. The standard InChI is InChI=1S/C16H23ClN2O4/c1-5-7-19(11(2)20)8-6-16(21)18-13-10-14(22-3)12(17)9-15(13)23-4/h9-10H,5-8H2,1-4H3,(H,18,21). The molecule has 0 aromatic heterocycles. The van der Waals surface area contributed by atoms with Crippen molar-refractivity contribution in [1.82, 2.24) is 4.90 Å². The normalized spacial score (nSPS) is 10.1. The molecule has 128 valence electrons. The van der Waals surface area contributed by atoms with E-state index >= 15 is 0 Å². The molecule has 1 rings (SSSR count). The first-order valence-corrected chi connectivity index (χ1v) is 7.77. The molecule has 6 nitrogen and oxygen atoms in total. The maximum atomic E-state index is 12.1. The van der Waals surface area contributed by atoms with Crippen LogP contribution in [0.3, 0.4) is 0 Å². The van der Waals surface area contributed by atoms with Gasteiger partial charge in [0.2, 0.25) is 11.8 Å². The molecular formula is C16H23ClN2O4. The summed E-state index contributed by atoms with van der Waals surface area (Å²) in [5.41, 5.74) is 0.476. The number of ether oxygens (including phenoxy) is 2. The first-order chi connectivity index (χ1) is 10.9. The monoisotopic (exact) mass is 342 g/mol. The summed E-state index contributed by atoms with van der Waals surface area (Å²) in [6.45, 7) is 4.50. The zero-order chi connectivity index (χ0) is 17.4. The number of anilines is 1. The lowest BCUT2D eigenvalue weighted by molar-refractivity contribution is -0.129. The van der Waals surface area contributed by atoms with Crippen molar-refractivity contribution in [3.05, 3.63) is 17.2 Å². The third-order valence-electron chi connectivity index (χ3n) is 3.30. The summed E-state index contributed by atoms with van der Waals surface area (Å²) in [7, 11) is 2.99. The van der Waals surface area contributed by atoms with Crippen molar-refractivity contribution >= 4 is 29.1 Å². The van der Waals surface area contributed by atoms with Gasteiger partial charge in [0.05, 0.1) is 24.9 Å². The molecule has 0 radical (unpaired) electrons. The SMILES string of the molecule is CCCN(CCC(=O)Nc1cc(OC)c(Cl)cc1OC)C(C)=O. The Morgan fingerprint density at radius 1 is 1.17 bits per heavy atom. The fourth-order valence-electron chi connectivity index (χ4n) is 2.10. The first kappa shape index (κ1) is 19.1. The minimum absolute atomic E-state index is 0.0367. The van der Waals surface area contributed by atoms with E-state index in [1.54, 1.807) is 17.0 Å². The van der Waals surface area contributed by atoms with Crippen molar-refractivity contribution < 1.29 is 19.1 Å². The zero-order valence-corrected chi connectivity index (χ0v) is 14.7. The average Bonchev–Trinajstić information content (AvgIpc) is 2.52. The minimum atomic E-state index is -0.213. The van der Waals surface area contributed by atoms with Crippen LogP contribution in [0.4, 0.5) is 5.69 Å². The quantitative estimate of drug-likeness (QED) is 0.788. The molecule has 0 heterocycles. The van der Waals surface area contributed by atoms with Gasteiger partial charge in [0, 0.05) is 38.6 Å². The second-order valence-corrected chi connectivity index (χ2v) is 5.40. The second-order valence-electron chi connectivity index (χ2n) is 4.99. The summed E-state index contributed by atoms with van der Waals surface area (Å²) in [6.07, 6.45) is 1.05. The van der Waals surface area contributed by atoms with Crippen LogP contribution in [0.2, 0.25) is 5.02 Å². The number of halogens is 1. The fourth-order valence-corrected chi connectivity index (χ4v) is 2.33. The number of amides is 2. The number of carbonyl (C=O) groups is 2. The largest absolute Gasteiger partial charge is 0.495 e. The Morgan fingerprint density at radius 2 is 1.83 bits per heavy atom. The minimum Gasteiger partial charge on any atom is -0.495 e. The highest BCUT2D eigenvalue weighted by atomic mass is 35.5. The number of methoxy groups -OCH3 is 2. The molecule has 23 heavy (non-hydrogen) atoms. The molecule has 1 aromatic rings. The van der Waals surface area contributed by atoms with Crippen LogP contribution in [-0.2, 0) is 9.59 Å². The molecule has 0 saturated heterocycles. The molecule has 0 spiro atoms. The number of rotatable bonds is 8. The van der Waals surface area contributed by atoms with E-state index in [4.69, 9.17) is 21.1 Å². The Morgan fingerprint density at radius 3 is 2.35 bits per heavy atom. The van der Waals surface area contributed by atoms with Crippen molar-refractivity contribution in [2.45, 2.75) is 26.7 Å². The Hall–Kier alpha value is -1.95. The molecule has 0 aliphatic carbocycles. The molecular weight excluding hydrogens is 320 g/mol. The molecule has 1 N–H and O–H groups in total. The van der Waals surface area contributed by atoms with Crippen LogP contribution in [0.15, 0.2) is 12.1 Å². The van der Waals surface area contributed by atoms with E-state index < -0.39 is 0 Å². The highest BCUT2D eigenvalue weighted by Gasteiger charge is 2.14. The van der Waals surface area contributed by atoms with Gasteiger partial charge in [-0.3, -0.25) is 9.59 Å². The third-order valence-corrected chi connectivity index (χ3v) is 3.59. The molecule has 0 aliphatic heterocycles. The van der Waals surface area contributed by atoms with Crippen LogP contribution in [0, 0.1) is 0 Å². The van der Waals surface area contributed by atoms with Crippen LogP contribution in [-0.4, -0.2) is 44.0 Å². The summed E-state index contributed by atoms with van der Waals surface area (Å²) in [5, 5.41) is 3.16. The molecule has 7 heteroatoms. The Labute approximate surface area is 141 Å². The van der Waals surface area contributed by atoms with Crippen LogP contribution < -0.4 is 14.8 Å². The molecule has 0 unspecified atom stereocenters. The van der Waals surface area contributed by atoms with Crippen LogP contribution in [0.1, 0.15) is 26.7 Å². The summed E-state index contributed by atoms with van der Waals surface area (Å²) < 4.78 is 10.3. The van der Waals surface area contributed by atoms with Gasteiger partial charge in [0.15, 0.2) is 0 Å². The van der Waals surface area contributed by atoms with Gasteiger partial charge in [-0.05, 0) is 6.42 Å². The van der Waals surface area contributed by atoms with Crippen LogP contribution >= 0.6 is 11.6 Å². The Kier molecular flexibility index (Phi) is 7.68. The smallest absolute Gasteiger partial charge is 0.226 e. The molecule has 2 amide bonds. The topological polar surface area (TPSA) is 67.9 Å². The van der Waals surface area contributed by atoms with E-state index in [-0.39, 0.29) is 18.2 Å². The number of nitrogens with zero attached hydrogens (tertiary/aromatic N) is 1. The highest BCUT2D eigenvalue weighted by molar-refractivity contribution is 6.32. The van der Waals surface area contributed by atoms with E-state index in [1.807, 2.05) is 6.92 Å². The third kappa shape index (κ3) is 5.63. The zero-order valence-electron chi connectivity index (χ0n) is 13.9. The van der Waals surface area contributed by atoms with Gasteiger partial charge in [-0.1, -0.05) is 18.5 Å². The predicted octanol–water partition coefficient (Wildman–Crippen LogP) is 2.94. The van der Waals surface area contributed by atoms with Crippen molar-refractivity contribution in [3.8, 4) is 11.5 Å². The van der Waals surface area contributed by atoms with Crippen molar-refractivity contribution in [2.24, 2.45) is 0 Å². The molecule has 1 aromatic carbocycles. The molecule has 0 saturated carbocycles. The van der Waals surface area contributed by atoms with Crippen molar-refractivity contribution in [2.75, 3.05) is 32.6 Å². The summed E-state index contributed by atoms with van der Waals surface area (Å²) in [4.78, 5) is 25.2. The van der Waals surface area contributed by atoms with Gasteiger partial charge in [-0.2, -0.15) is 0 Å². The molecule has 0 atom stereocenters. The second kappa shape index (κ2) is 9.25. The predicted molar refractivity (Wildman–Crippen MR) is 90.3 cm³/mol. The van der Waals surface area contributed by atoms with Gasteiger partial charge in [-0.25, -0.2) is 0 Å². The average molecular weight is 343 g/mol. The van der Waals surface area contributed by atoms with E-state index in [1.165, 1.54) is 21.1 Å². The van der Waals surface area contributed by atoms with Crippen molar-refractivity contribution in [3.63, 3.8) is 0 Å². The van der Waals surface area contributed by atoms with Gasteiger partial charge < -0.3 is 19.7 Å². The fraction of sp³-hybridized carbons (Fsp3) is 0.500. The van der Waals surface area contributed by atoms with Gasteiger partial charge in [0.25, 0.3) is 0 Å². The van der Waals surface area contributed by atoms with Crippen LogP contribution in [0.5, 0.6) is 11.5 Å². The molecule has 0 fully saturated rings. The maximum Gasteiger partial charge on any atom is 0.226 e. The van der Waals surface area contributed by atoms with E-state index in [2.05, 4.69) is 5.32 Å². The molecule has 0 bridgehead atoms. The van der Waals surface area contributed by atoms with Crippen LogP contribution in [0.25, 0.3) is 0 Å². The number of hydrogen-bond acceptors (Lipinski definition) is 4. The van der Waals surface area contributed by atoms with Gasteiger partial charge >= 0.3 is 0 Å². The van der Waals surface area contributed by atoms with E-state index in [0.717, 1.165) is 6.42 Å². The van der Waals surface area contributed by atoms with Crippen molar-refractivity contribution in [1.29, 1.82) is 0 Å². The first-order valence-electron chi connectivity index (χ1n) is 7.39. The lowest BCUT2D eigenvalue weighted by Gasteiger charge is -2.20. The maximum absolute atomic E-state index is 12.1. The summed E-state index contributed by atoms with van der Waals surface area (Å²) >= 11 is 6.03. The van der Waals surface area contributed by atoms with Gasteiger partial charge in [-0.15, -0.1) is 0 Å². The summed E-state index contributed by atoms with van der Waals surface area (Å²) in [6, 6.07) is 3.18. The highest BCUT2D eigenvalue weighted by Crippen LogP contribution is 2.35. The lowest BCUT2D eigenvalue weighted by atomic mass is 10.2. The van der Waals surface area contributed by atoms with Gasteiger partial charge in [0.1, 0.15) is 11.5 Å². The number of nitrogens with one attached hydrogen (secondary N) is 1. The number of hydrogen-bond donors (Lipinski definition) is 1. The number of benzene rings is 1.